The molecule has 58 valence electrons. The van der Waals surface area contributed by atoms with Crippen molar-refractivity contribution in [2.45, 2.75) is 6.92 Å². The van der Waals surface area contributed by atoms with Gasteiger partial charge in [0, 0.05) is 0 Å². The molecule has 0 amide bonds. The maximum absolute atomic E-state index is 12.8. The van der Waals surface area contributed by atoms with Crippen LogP contribution in [0.3, 0.4) is 0 Å². The van der Waals surface area contributed by atoms with Gasteiger partial charge in [-0.2, -0.15) is 0 Å². The van der Waals surface area contributed by atoms with Crippen LogP contribution >= 0.6 is 0 Å². The Morgan fingerprint density at radius 3 is 2.55 bits per heavy atom. The van der Waals surface area contributed by atoms with Gasteiger partial charge in [0.2, 0.25) is 0 Å². The van der Waals surface area contributed by atoms with Crippen LogP contribution in [0.5, 0.6) is 0 Å². The Morgan fingerprint density at radius 2 is 2.00 bits per heavy atom. The van der Waals surface area contributed by atoms with Crippen molar-refractivity contribution in [1.29, 1.82) is 0 Å². The zero-order valence-corrected chi connectivity index (χ0v) is 6.20. The highest BCUT2D eigenvalue weighted by Gasteiger charge is 2.06. The minimum Gasteiger partial charge on any atom is -0.204 e. The molecule has 0 aliphatic carbocycles. The lowest BCUT2D eigenvalue weighted by Crippen LogP contribution is -1.90. The molecule has 2 heteroatoms. The monoisotopic (exact) mass is 154 g/mol. The molecule has 1 aromatic rings. The molecule has 0 nitrogen and oxygen atoms in total. The van der Waals surface area contributed by atoms with Crippen molar-refractivity contribution in [3.05, 3.63) is 41.5 Å². The van der Waals surface area contributed by atoms with E-state index in [0.717, 1.165) is 6.07 Å². The van der Waals surface area contributed by atoms with Gasteiger partial charge in [0.15, 0.2) is 11.6 Å². The molecule has 1 aromatic carbocycles. The van der Waals surface area contributed by atoms with Crippen LogP contribution in [0.1, 0.15) is 11.1 Å². The van der Waals surface area contributed by atoms with Gasteiger partial charge in [-0.3, -0.25) is 0 Å². The predicted octanol–water partition coefficient (Wildman–Crippen LogP) is 2.92. The molecule has 0 aliphatic heterocycles. The van der Waals surface area contributed by atoms with Crippen molar-refractivity contribution in [2.75, 3.05) is 0 Å². The van der Waals surface area contributed by atoms with Gasteiger partial charge >= 0.3 is 0 Å². The summed E-state index contributed by atoms with van der Waals surface area (Å²) in [5, 5.41) is 0. The van der Waals surface area contributed by atoms with E-state index in [9.17, 15) is 8.78 Å². The highest BCUT2D eigenvalue weighted by molar-refractivity contribution is 5.51. The van der Waals surface area contributed by atoms with Crippen molar-refractivity contribution >= 4 is 6.08 Å². The summed E-state index contributed by atoms with van der Waals surface area (Å²) < 4.78 is 25.2. The molecule has 0 fully saturated rings. The van der Waals surface area contributed by atoms with Gasteiger partial charge in [-0.25, -0.2) is 8.78 Å². The maximum atomic E-state index is 12.8. The Hall–Kier alpha value is -1.18. The van der Waals surface area contributed by atoms with Crippen molar-refractivity contribution in [3.63, 3.8) is 0 Å². The summed E-state index contributed by atoms with van der Waals surface area (Å²) in [6.07, 6.45) is 1.50. The van der Waals surface area contributed by atoms with E-state index in [0.29, 0.717) is 11.1 Å². The summed E-state index contributed by atoms with van der Waals surface area (Å²) in [5.41, 5.74) is 0.934. The van der Waals surface area contributed by atoms with Crippen molar-refractivity contribution in [2.24, 2.45) is 0 Å². The van der Waals surface area contributed by atoms with E-state index in [4.69, 9.17) is 0 Å². The number of hydrogen-bond acceptors (Lipinski definition) is 0. The number of benzene rings is 1. The third-order valence-corrected chi connectivity index (χ3v) is 1.60. The molecule has 1 rings (SSSR count). The number of halogens is 2. The van der Waals surface area contributed by atoms with Crippen molar-refractivity contribution in [3.8, 4) is 0 Å². The molecule has 0 atom stereocenters. The minimum atomic E-state index is -0.812. The number of hydrogen-bond donors (Lipinski definition) is 0. The summed E-state index contributed by atoms with van der Waals surface area (Å²) in [6, 6.07) is 2.60. The molecule has 0 spiro atoms. The first-order chi connectivity index (χ1) is 5.16. The SMILES string of the molecule is C=Cc1ccc(F)c(F)c1C. The van der Waals surface area contributed by atoms with Crippen LogP contribution in [0.25, 0.3) is 6.08 Å². The molecular formula is C9H8F2. The van der Waals surface area contributed by atoms with E-state index < -0.39 is 11.6 Å². The number of rotatable bonds is 1. The highest BCUT2D eigenvalue weighted by Crippen LogP contribution is 2.16. The van der Waals surface area contributed by atoms with Gasteiger partial charge in [-0.05, 0) is 24.1 Å². The highest BCUT2D eigenvalue weighted by atomic mass is 19.2. The summed E-state index contributed by atoms with van der Waals surface area (Å²) in [6.45, 7) is 5.00. The molecule has 0 aromatic heterocycles. The molecule has 0 saturated heterocycles. The second-order valence-corrected chi connectivity index (χ2v) is 2.28. The Kier molecular flexibility index (Phi) is 2.03. The third kappa shape index (κ3) is 1.29. The summed E-state index contributed by atoms with van der Waals surface area (Å²) in [4.78, 5) is 0. The molecule has 0 heterocycles. The van der Waals surface area contributed by atoms with Gasteiger partial charge in [-0.15, -0.1) is 0 Å². The van der Waals surface area contributed by atoms with Gasteiger partial charge < -0.3 is 0 Å². The fourth-order valence-electron chi connectivity index (χ4n) is 0.888. The Morgan fingerprint density at radius 1 is 1.36 bits per heavy atom. The van der Waals surface area contributed by atoms with Crippen molar-refractivity contribution in [1.82, 2.24) is 0 Å². The Labute approximate surface area is 64.2 Å². The molecule has 0 radical (unpaired) electrons. The van der Waals surface area contributed by atoms with E-state index in [1.807, 2.05) is 0 Å². The third-order valence-electron chi connectivity index (χ3n) is 1.60. The quantitative estimate of drug-likeness (QED) is 0.583. The molecule has 0 unspecified atom stereocenters. The van der Waals surface area contributed by atoms with E-state index in [1.54, 1.807) is 0 Å². The second kappa shape index (κ2) is 2.82. The smallest absolute Gasteiger partial charge is 0.162 e. The zero-order valence-electron chi connectivity index (χ0n) is 6.20. The van der Waals surface area contributed by atoms with E-state index in [-0.39, 0.29) is 0 Å². The van der Waals surface area contributed by atoms with E-state index in [2.05, 4.69) is 6.58 Å². The zero-order chi connectivity index (χ0) is 8.43. The second-order valence-electron chi connectivity index (χ2n) is 2.28. The first-order valence-corrected chi connectivity index (χ1v) is 3.24. The van der Waals surface area contributed by atoms with Crippen LogP contribution in [0, 0.1) is 18.6 Å². The summed E-state index contributed by atoms with van der Waals surface area (Å²) in [5.74, 6) is -1.60. The fourth-order valence-corrected chi connectivity index (χ4v) is 0.888. The average molecular weight is 154 g/mol. The van der Waals surface area contributed by atoms with Crippen molar-refractivity contribution < 1.29 is 8.78 Å². The average Bonchev–Trinajstić information content (AvgIpc) is 2.01. The normalized spacial score (nSPS) is 9.73. The predicted molar refractivity (Wildman–Crippen MR) is 41.2 cm³/mol. The Balaban J connectivity index is 3.36. The molecule has 0 N–H and O–H groups in total. The van der Waals surface area contributed by atoms with Crippen LogP contribution < -0.4 is 0 Å². The molecule has 0 bridgehead atoms. The Bertz CT molecular complexity index is 290. The van der Waals surface area contributed by atoms with Crippen LogP contribution in [0.2, 0.25) is 0 Å². The van der Waals surface area contributed by atoms with Crippen LogP contribution in [-0.2, 0) is 0 Å². The molecular weight excluding hydrogens is 146 g/mol. The van der Waals surface area contributed by atoms with Gasteiger partial charge in [0.25, 0.3) is 0 Å². The largest absolute Gasteiger partial charge is 0.204 e. The lowest BCUT2D eigenvalue weighted by atomic mass is 10.1. The van der Waals surface area contributed by atoms with E-state index in [1.165, 1.54) is 19.1 Å². The lowest BCUT2D eigenvalue weighted by Gasteiger charge is -2.01. The molecule has 11 heavy (non-hydrogen) atoms. The van der Waals surface area contributed by atoms with Gasteiger partial charge in [-0.1, -0.05) is 18.7 Å². The van der Waals surface area contributed by atoms with Crippen LogP contribution in [-0.4, -0.2) is 0 Å². The minimum absolute atomic E-state index is 0.306. The topological polar surface area (TPSA) is 0 Å². The molecule has 0 aliphatic rings. The fraction of sp³-hybridized carbons (Fsp3) is 0.111. The van der Waals surface area contributed by atoms with Crippen LogP contribution in [0.15, 0.2) is 18.7 Å². The molecule has 0 saturated carbocycles. The van der Waals surface area contributed by atoms with Gasteiger partial charge in [0.1, 0.15) is 0 Å². The van der Waals surface area contributed by atoms with Gasteiger partial charge in [0.05, 0.1) is 0 Å². The first-order valence-electron chi connectivity index (χ1n) is 3.24. The maximum Gasteiger partial charge on any atom is 0.162 e. The first kappa shape index (κ1) is 7.92. The standard InChI is InChI=1S/C9H8F2/c1-3-7-4-5-8(10)9(11)6(7)2/h3-5H,1H2,2H3. The lowest BCUT2D eigenvalue weighted by molar-refractivity contribution is 0.503. The van der Waals surface area contributed by atoms with Crippen LogP contribution in [0.4, 0.5) is 8.78 Å². The summed E-state index contributed by atoms with van der Waals surface area (Å²) in [7, 11) is 0. The van der Waals surface area contributed by atoms with E-state index >= 15 is 0 Å². The summed E-state index contributed by atoms with van der Waals surface area (Å²) >= 11 is 0.